The van der Waals surface area contributed by atoms with Gasteiger partial charge in [0.1, 0.15) is 28.4 Å². The molecule has 2 aromatic heterocycles. The van der Waals surface area contributed by atoms with Crippen LogP contribution in [0.1, 0.15) is 19.8 Å². The van der Waals surface area contributed by atoms with Crippen LogP contribution in [-0.4, -0.2) is 33.2 Å². The van der Waals surface area contributed by atoms with E-state index in [9.17, 15) is 9.18 Å². The van der Waals surface area contributed by atoms with E-state index in [4.69, 9.17) is 30.3 Å². The van der Waals surface area contributed by atoms with Gasteiger partial charge >= 0.3 is 0 Å². The van der Waals surface area contributed by atoms with E-state index in [0.717, 1.165) is 18.4 Å². The van der Waals surface area contributed by atoms with Crippen LogP contribution in [0.3, 0.4) is 0 Å². The predicted molar refractivity (Wildman–Crippen MR) is 111 cm³/mol. The van der Waals surface area contributed by atoms with E-state index < -0.39 is 17.8 Å². The Morgan fingerprint density at radius 3 is 2.87 bits per heavy atom. The van der Waals surface area contributed by atoms with E-state index >= 15 is 0 Å². The number of aromatic nitrogens is 3. The summed E-state index contributed by atoms with van der Waals surface area (Å²) >= 11 is 0. The number of fused-ring (bicyclic) bond motifs is 1. The van der Waals surface area contributed by atoms with Crippen LogP contribution in [-0.2, 0) is 11.3 Å². The van der Waals surface area contributed by atoms with Crippen molar-refractivity contribution in [2.75, 3.05) is 12.3 Å². The Balaban J connectivity index is 1.70. The Kier molecular flexibility index (Phi) is 4.42. The summed E-state index contributed by atoms with van der Waals surface area (Å²) in [6.07, 6.45) is 0.902. The first-order valence-electron chi connectivity index (χ1n) is 9.89. The number of nitrogens with zero attached hydrogens (tertiary/aromatic N) is 3. The minimum absolute atomic E-state index is 0.00479. The summed E-state index contributed by atoms with van der Waals surface area (Å²) in [5.74, 6) is 0.402. The second kappa shape index (κ2) is 7.15. The third-order valence-corrected chi connectivity index (χ3v) is 5.25. The highest BCUT2D eigenvalue weighted by molar-refractivity contribution is 5.89. The molecule has 4 aromatic rings. The van der Waals surface area contributed by atoms with Gasteiger partial charge in [-0.05, 0) is 31.9 Å². The fourth-order valence-electron chi connectivity index (χ4n) is 3.78. The lowest BCUT2D eigenvalue weighted by atomic mass is 10.1. The van der Waals surface area contributed by atoms with Gasteiger partial charge in [0, 0.05) is 24.2 Å². The highest BCUT2D eigenvalue weighted by atomic mass is 19.1. The van der Waals surface area contributed by atoms with Crippen LogP contribution in [0.5, 0.6) is 11.5 Å². The summed E-state index contributed by atoms with van der Waals surface area (Å²) in [6, 6.07) is 6.37. The second-order valence-corrected chi connectivity index (χ2v) is 7.45. The highest BCUT2D eigenvalue weighted by Gasteiger charge is 2.22. The third kappa shape index (κ3) is 3.29. The van der Waals surface area contributed by atoms with Gasteiger partial charge in [0.25, 0.3) is 11.9 Å². The number of hydrogen-bond acceptors (Lipinski definition) is 7. The topological polar surface area (TPSA) is 131 Å². The first-order chi connectivity index (χ1) is 14.9. The van der Waals surface area contributed by atoms with Crippen molar-refractivity contribution in [3.63, 3.8) is 0 Å². The number of oxazole rings is 1. The summed E-state index contributed by atoms with van der Waals surface area (Å²) in [7, 11) is 0. The van der Waals surface area contributed by atoms with Gasteiger partial charge in [-0.3, -0.25) is 4.79 Å². The van der Waals surface area contributed by atoms with Crippen molar-refractivity contribution in [3.8, 4) is 22.9 Å². The van der Waals surface area contributed by atoms with Crippen molar-refractivity contribution >= 4 is 34.1 Å². The van der Waals surface area contributed by atoms with Crippen LogP contribution in [0.4, 0.5) is 10.4 Å². The average molecular weight is 425 g/mol. The quantitative estimate of drug-likeness (QED) is 0.514. The predicted octanol–water partition coefficient (Wildman–Crippen LogP) is 2.99. The van der Waals surface area contributed by atoms with Crippen molar-refractivity contribution in [1.82, 2.24) is 14.5 Å². The van der Waals surface area contributed by atoms with Gasteiger partial charge in [0.15, 0.2) is 17.5 Å². The van der Waals surface area contributed by atoms with Crippen molar-refractivity contribution in [2.24, 2.45) is 5.73 Å². The molecule has 4 N–H and O–H groups in total. The molecule has 0 saturated heterocycles. The summed E-state index contributed by atoms with van der Waals surface area (Å²) in [4.78, 5) is 20.2. The number of nitrogen functional groups attached to an aromatic ring is 1. The lowest BCUT2D eigenvalue weighted by Gasteiger charge is -2.18. The Labute approximate surface area is 175 Å². The molecular formula is C21H20FN5O4. The van der Waals surface area contributed by atoms with Gasteiger partial charge in [-0.15, -0.1) is 0 Å². The Morgan fingerprint density at radius 2 is 2.06 bits per heavy atom. The fraction of sp³-hybridized carbons (Fsp3) is 0.286. The first-order valence-corrected chi connectivity index (χ1v) is 9.89. The van der Waals surface area contributed by atoms with Gasteiger partial charge in [0.2, 0.25) is 0 Å². The second-order valence-electron chi connectivity index (χ2n) is 7.45. The smallest absolute Gasteiger partial charge is 0.293 e. The van der Waals surface area contributed by atoms with Crippen molar-refractivity contribution in [1.29, 1.82) is 0 Å². The number of rotatable bonds is 4. The molecule has 0 aliphatic carbocycles. The molecule has 160 valence electrons. The number of halogens is 1. The summed E-state index contributed by atoms with van der Waals surface area (Å²) in [6.45, 7) is 2.80. The molecule has 1 atom stereocenters. The van der Waals surface area contributed by atoms with Crippen LogP contribution in [0.2, 0.25) is 0 Å². The number of amides is 1. The van der Waals surface area contributed by atoms with Crippen molar-refractivity contribution in [3.05, 3.63) is 30.1 Å². The number of nitrogens with two attached hydrogens (primary N) is 2. The molecule has 1 aliphatic heterocycles. The zero-order chi connectivity index (χ0) is 21.7. The standard InChI is InChI=1S/C21H20FN5O4/c1-10(19(23)28)30-12-8-14-17-16(9-12)29-5-3-2-4-27(17)20(25-14)11-6-13(22)18-15(7-11)26-21(24)31-18/h6-10H,2-5H2,1H3,(H2,23,28)(H2,24,26). The normalized spacial score (nSPS) is 14.8. The molecule has 1 unspecified atom stereocenters. The van der Waals surface area contributed by atoms with Gasteiger partial charge in [-0.1, -0.05) is 0 Å². The molecule has 0 fully saturated rings. The SMILES string of the molecule is CC(Oc1cc2c3c(c1)nc(-c1cc(F)c4oc(N)nc4c1)n3CCCCO2)C(N)=O. The average Bonchev–Trinajstić information content (AvgIpc) is 3.25. The van der Waals surface area contributed by atoms with Gasteiger partial charge < -0.3 is 29.9 Å². The van der Waals surface area contributed by atoms with E-state index in [1.807, 2.05) is 4.57 Å². The molecule has 1 amide bonds. The summed E-state index contributed by atoms with van der Waals surface area (Å²) < 4.78 is 33.4. The van der Waals surface area contributed by atoms with E-state index in [-0.39, 0.29) is 11.6 Å². The van der Waals surface area contributed by atoms with Crippen LogP contribution < -0.4 is 20.9 Å². The number of carbonyl (C=O) groups is 1. The maximum absolute atomic E-state index is 14.6. The number of imidazole rings is 1. The van der Waals surface area contributed by atoms with Crippen LogP contribution in [0.15, 0.2) is 28.7 Å². The van der Waals surface area contributed by atoms with Crippen molar-refractivity contribution in [2.45, 2.75) is 32.4 Å². The Hall–Kier alpha value is -3.82. The zero-order valence-electron chi connectivity index (χ0n) is 16.7. The summed E-state index contributed by atoms with van der Waals surface area (Å²) in [5.41, 5.74) is 13.1. The monoisotopic (exact) mass is 425 g/mol. The molecule has 2 aromatic carbocycles. The maximum atomic E-state index is 14.6. The molecule has 10 heteroatoms. The lowest BCUT2D eigenvalue weighted by molar-refractivity contribution is -0.123. The first kappa shape index (κ1) is 19.2. The molecule has 3 heterocycles. The largest absolute Gasteiger partial charge is 0.491 e. The fourth-order valence-corrected chi connectivity index (χ4v) is 3.78. The van der Waals surface area contributed by atoms with Crippen LogP contribution in [0, 0.1) is 5.82 Å². The molecule has 31 heavy (non-hydrogen) atoms. The Morgan fingerprint density at radius 1 is 1.23 bits per heavy atom. The molecule has 5 rings (SSSR count). The molecule has 0 saturated carbocycles. The van der Waals surface area contributed by atoms with Crippen LogP contribution in [0.25, 0.3) is 33.5 Å². The zero-order valence-corrected chi connectivity index (χ0v) is 16.7. The molecular weight excluding hydrogens is 405 g/mol. The summed E-state index contributed by atoms with van der Waals surface area (Å²) in [5, 5.41) is 0. The van der Waals surface area contributed by atoms with Crippen molar-refractivity contribution < 1.29 is 23.1 Å². The third-order valence-electron chi connectivity index (χ3n) is 5.25. The highest BCUT2D eigenvalue weighted by Crippen LogP contribution is 2.37. The minimum atomic E-state index is -0.811. The molecule has 0 bridgehead atoms. The lowest BCUT2D eigenvalue weighted by Crippen LogP contribution is -2.30. The maximum Gasteiger partial charge on any atom is 0.293 e. The number of carbonyl (C=O) groups excluding carboxylic acids is 1. The Bertz CT molecular complexity index is 1330. The number of aryl methyl sites for hydroxylation is 1. The number of ether oxygens (including phenoxy) is 2. The number of primary amides is 1. The van der Waals surface area contributed by atoms with Crippen LogP contribution >= 0.6 is 0 Å². The van der Waals surface area contributed by atoms with Gasteiger partial charge in [-0.25, -0.2) is 9.37 Å². The van der Waals surface area contributed by atoms with E-state index in [1.54, 1.807) is 25.1 Å². The minimum Gasteiger partial charge on any atom is -0.491 e. The molecule has 1 aliphatic rings. The molecule has 0 radical (unpaired) electrons. The van der Waals surface area contributed by atoms with Gasteiger partial charge in [0.05, 0.1) is 12.1 Å². The molecule has 0 spiro atoms. The van der Waals surface area contributed by atoms with E-state index in [0.29, 0.717) is 47.1 Å². The molecule has 9 nitrogen and oxygen atoms in total. The van der Waals surface area contributed by atoms with E-state index in [2.05, 4.69) is 4.98 Å². The van der Waals surface area contributed by atoms with E-state index in [1.165, 1.54) is 6.07 Å². The number of benzene rings is 2. The number of anilines is 1. The van der Waals surface area contributed by atoms with Gasteiger partial charge in [-0.2, -0.15) is 4.98 Å². The number of hydrogen-bond donors (Lipinski definition) is 2.